The molecular weight excluding hydrogens is 402 g/mol. The molecule has 2 aliphatic heterocycles. The number of hydrogen-bond acceptors (Lipinski definition) is 4. The molecule has 3 heterocycles. The molecule has 1 aromatic carbocycles. The number of para-hydroxylation sites is 2. The predicted octanol–water partition coefficient (Wildman–Crippen LogP) is 4.87. The highest BCUT2D eigenvalue weighted by Gasteiger charge is 2.46. The third-order valence-electron chi connectivity index (χ3n) is 8.47. The molecule has 0 amide bonds. The van der Waals surface area contributed by atoms with Crippen LogP contribution in [-0.2, 0) is 0 Å². The number of hydrogen-bond donors (Lipinski definition) is 1. The van der Waals surface area contributed by atoms with Crippen LogP contribution in [0.4, 0.5) is 0 Å². The Morgan fingerprint density at radius 2 is 1.53 bits per heavy atom. The molecule has 1 aromatic heterocycles. The van der Waals surface area contributed by atoms with E-state index in [0.717, 1.165) is 24.3 Å². The highest BCUT2D eigenvalue weighted by atomic mass is 16.4. The second-order valence-corrected chi connectivity index (χ2v) is 11.3. The van der Waals surface area contributed by atoms with E-state index in [1.165, 1.54) is 38.5 Å². The topological polar surface area (TPSA) is 75.4 Å². The maximum atomic E-state index is 13.2. The van der Waals surface area contributed by atoms with Crippen LogP contribution in [-0.4, -0.2) is 43.7 Å². The molecule has 2 bridgehead atoms. The highest BCUT2D eigenvalue weighted by Crippen LogP contribution is 2.46. The van der Waals surface area contributed by atoms with Crippen LogP contribution in [0.15, 0.2) is 29.1 Å². The Morgan fingerprint density at radius 1 is 0.938 bits per heavy atom. The lowest BCUT2D eigenvalue weighted by molar-refractivity contribution is 0.0249. The van der Waals surface area contributed by atoms with Gasteiger partial charge in [-0.1, -0.05) is 32.9 Å². The molecule has 2 aromatic rings. The fraction of sp³-hybridized carbons (Fsp3) is 0.654. The lowest BCUT2D eigenvalue weighted by Gasteiger charge is -2.47. The largest absolute Gasteiger partial charge is 0.476 e. The third kappa shape index (κ3) is 3.66. The molecule has 1 N–H and O–H groups in total. The summed E-state index contributed by atoms with van der Waals surface area (Å²) in [5.74, 6) is -0.435. The van der Waals surface area contributed by atoms with Crippen LogP contribution in [0.3, 0.4) is 0 Å². The maximum Gasteiger partial charge on any atom is 0.360 e. The molecular formula is C26H35N3O3. The number of carbonyl (C=O) groups is 1. The van der Waals surface area contributed by atoms with Crippen molar-refractivity contribution in [3.63, 3.8) is 0 Å². The highest BCUT2D eigenvalue weighted by molar-refractivity contribution is 5.88. The summed E-state index contributed by atoms with van der Waals surface area (Å²) in [6.07, 6.45) is 9.38. The van der Waals surface area contributed by atoms with Crippen LogP contribution in [0.5, 0.6) is 0 Å². The fourth-order valence-corrected chi connectivity index (χ4v) is 6.89. The molecule has 3 aliphatic rings. The molecule has 172 valence electrons. The number of fused-ring (bicyclic) bond motifs is 3. The van der Waals surface area contributed by atoms with Gasteiger partial charge >= 0.3 is 5.97 Å². The fourth-order valence-electron chi connectivity index (χ4n) is 6.89. The van der Waals surface area contributed by atoms with Gasteiger partial charge in [-0.2, -0.15) is 0 Å². The summed E-state index contributed by atoms with van der Waals surface area (Å²) in [5.41, 5.74) is 0.909. The molecule has 1 saturated carbocycles. The zero-order valence-corrected chi connectivity index (χ0v) is 19.5. The van der Waals surface area contributed by atoms with Crippen LogP contribution >= 0.6 is 0 Å². The van der Waals surface area contributed by atoms with Crippen molar-refractivity contribution in [3.05, 3.63) is 40.3 Å². The number of aromatic carboxylic acids is 1. The Morgan fingerprint density at radius 3 is 2.12 bits per heavy atom. The van der Waals surface area contributed by atoms with Gasteiger partial charge in [0.1, 0.15) is 0 Å². The van der Waals surface area contributed by atoms with Gasteiger partial charge in [-0.3, -0.25) is 9.69 Å². The van der Waals surface area contributed by atoms with E-state index in [4.69, 9.17) is 0 Å². The van der Waals surface area contributed by atoms with Crippen molar-refractivity contribution >= 4 is 17.0 Å². The maximum absolute atomic E-state index is 13.2. The summed E-state index contributed by atoms with van der Waals surface area (Å²) in [6, 6.07) is 9.12. The Hall–Kier alpha value is -2.21. The van der Waals surface area contributed by atoms with E-state index in [0.29, 0.717) is 29.1 Å². The molecule has 2 atom stereocenters. The summed E-state index contributed by atoms with van der Waals surface area (Å²) < 4.78 is 1.75. The third-order valence-corrected chi connectivity index (χ3v) is 8.47. The van der Waals surface area contributed by atoms with Crippen LogP contribution in [0.2, 0.25) is 0 Å². The number of benzene rings is 1. The minimum absolute atomic E-state index is 0.0353. The van der Waals surface area contributed by atoms with Gasteiger partial charge in [0.05, 0.1) is 11.0 Å². The number of piperidine rings is 1. The van der Waals surface area contributed by atoms with Crippen LogP contribution in [0.1, 0.15) is 88.7 Å². The van der Waals surface area contributed by atoms with Crippen molar-refractivity contribution in [2.75, 3.05) is 0 Å². The van der Waals surface area contributed by atoms with Crippen molar-refractivity contribution in [2.24, 2.45) is 11.3 Å². The molecule has 0 unspecified atom stereocenters. The molecule has 3 fully saturated rings. The van der Waals surface area contributed by atoms with E-state index >= 15 is 0 Å². The van der Waals surface area contributed by atoms with E-state index in [1.54, 1.807) is 10.6 Å². The first-order valence-corrected chi connectivity index (χ1v) is 12.3. The zero-order valence-electron chi connectivity index (χ0n) is 19.5. The number of nitrogens with zero attached hydrogens (tertiary/aromatic N) is 3. The number of rotatable bonds is 3. The average Bonchev–Trinajstić information content (AvgIpc) is 3.02. The zero-order chi connectivity index (χ0) is 22.6. The molecule has 5 rings (SSSR count). The summed E-state index contributed by atoms with van der Waals surface area (Å²) in [5, 5.41) is 9.57. The smallest absolute Gasteiger partial charge is 0.360 e. The minimum atomic E-state index is -1.24. The Kier molecular flexibility index (Phi) is 5.39. The van der Waals surface area contributed by atoms with Crippen LogP contribution in [0, 0.1) is 11.3 Å². The van der Waals surface area contributed by atoms with E-state index in [9.17, 15) is 14.7 Å². The van der Waals surface area contributed by atoms with Crippen molar-refractivity contribution in [1.29, 1.82) is 0 Å². The van der Waals surface area contributed by atoms with Gasteiger partial charge in [0.25, 0.3) is 5.56 Å². The van der Waals surface area contributed by atoms with Crippen molar-refractivity contribution < 1.29 is 9.90 Å². The quantitative estimate of drug-likeness (QED) is 0.742. The Labute approximate surface area is 189 Å². The molecule has 6 nitrogen and oxygen atoms in total. The lowest BCUT2D eigenvalue weighted by Crippen LogP contribution is -2.51. The molecule has 0 radical (unpaired) electrons. The van der Waals surface area contributed by atoms with Gasteiger partial charge in [0.2, 0.25) is 5.69 Å². The molecule has 6 heteroatoms. The van der Waals surface area contributed by atoms with Gasteiger partial charge < -0.3 is 9.67 Å². The Bertz CT molecular complexity index is 1060. The van der Waals surface area contributed by atoms with Crippen molar-refractivity contribution in [3.8, 4) is 0 Å². The average molecular weight is 438 g/mol. The SMILES string of the molecule is CC(C)(C)C1CCC(N2[C@@H]3CC[C@@H]2CC(n2c(=O)c(C(=O)O)nc4ccccc42)C3)CC1. The molecule has 32 heavy (non-hydrogen) atoms. The Balaban J connectivity index is 1.41. The number of aromatic nitrogens is 2. The lowest BCUT2D eigenvalue weighted by atomic mass is 9.71. The summed E-state index contributed by atoms with van der Waals surface area (Å²) in [6.45, 7) is 7.11. The second-order valence-electron chi connectivity index (χ2n) is 11.3. The van der Waals surface area contributed by atoms with E-state index in [2.05, 4.69) is 30.7 Å². The molecule has 2 saturated heterocycles. The van der Waals surface area contributed by atoms with Crippen LogP contribution in [0.25, 0.3) is 11.0 Å². The van der Waals surface area contributed by atoms with E-state index in [-0.39, 0.29) is 11.7 Å². The van der Waals surface area contributed by atoms with Gasteiger partial charge in [0, 0.05) is 24.2 Å². The first-order valence-electron chi connectivity index (χ1n) is 12.3. The number of carboxylic acid groups (broad SMARTS) is 1. The second kappa shape index (κ2) is 7.98. The summed E-state index contributed by atoms with van der Waals surface area (Å²) in [4.78, 5) is 31.8. The van der Waals surface area contributed by atoms with Crippen LogP contribution < -0.4 is 5.56 Å². The summed E-state index contributed by atoms with van der Waals surface area (Å²) in [7, 11) is 0. The summed E-state index contributed by atoms with van der Waals surface area (Å²) >= 11 is 0. The number of carboxylic acids is 1. The predicted molar refractivity (Wildman–Crippen MR) is 125 cm³/mol. The van der Waals surface area contributed by atoms with Gasteiger partial charge in [-0.05, 0) is 74.8 Å². The van der Waals surface area contributed by atoms with Gasteiger partial charge in [-0.15, -0.1) is 0 Å². The van der Waals surface area contributed by atoms with Crippen molar-refractivity contribution in [1.82, 2.24) is 14.5 Å². The van der Waals surface area contributed by atoms with Crippen molar-refractivity contribution in [2.45, 2.75) is 96.3 Å². The van der Waals surface area contributed by atoms with Gasteiger partial charge in [-0.25, -0.2) is 9.78 Å². The first-order chi connectivity index (χ1) is 15.2. The standard InChI is InChI=1S/C26H35N3O3/c1-26(2,3)16-8-10-17(11-9-16)28-18-12-13-19(28)15-20(14-18)29-22-7-5-4-6-21(22)27-23(24(29)30)25(31)32/h4-7,16-20H,8-15H2,1-3H3,(H,31,32)/t16?,17?,18-,19-/m1/s1. The molecule has 0 spiro atoms. The van der Waals surface area contributed by atoms with E-state index < -0.39 is 11.5 Å². The molecule has 1 aliphatic carbocycles. The van der Waals surface area contributed by atoms with E-state index in [1.807, 2.05) is 18.2 Å². The minimum Gasteiger partial charge on any atom is -0.476 e. The monoisotopic (exact) mass is 437 g/mol. The first kappa shape index (κ1) is 21.6. The van der Waals surface area contributed by atoms with Gasteiger partial charge in [0.15, 0.2) is 0 Å². The normalized spacial score (nSPS) is 31.2.